The zero-order valence-corrected chi connectivity index (χ0v) is 24.4. The molecule has 0 saturated carbocycles. The Morgan fingerprint density at radius 3 is 2.12 bits per heavy atom. The summed E-state index contributed by atoms with van der Waals surface area (Å²) < 4.78 is 62.4. The number of esters is 1. The number of carbonyl (C=O) groups is 2. The molecule has 42 heavy (non-hydrogen) atoms. The molecule has 0 heterocycles. The zero-order chi connectivity index (χ0) is 30.5. The van der Waals surface area contributed by atoms with Crippen LogP contribution in [0.25, 0.3) is 21.9 Å². The van der Waals surface area contributed by atoms with Crippen molar-refractivity contribution in [2.45, 2.75) is 90.7 Å². The first-order chi connectivity index (χ1) is 20.1. The van der Waals surface area contributed by atoms with Crippen LogP contribution in [0.1, 0.15) is 94.0 Å². The van der Waals surface area contributed by atoms with Crippen molar-refractivity contribution in [3.05, 3.63) is 71.5 Å². The summed E-state index contributed by atoms with van der Waals surface area (Å²) in [4.78, 5) is 24.1. The molecule has 0 radical (unpaired) electrons. The Balaban J connectivity index is 1.52. The molecular weight excluding hydrogens is 548 g/mol. The van der Waals surface area contributed by atoms with Gasteiger partial charge in [0.05, 0.1) is 18.1 Å². The van der Waals surface area contributed by atoms with Gasteiger partial charge in [0.2, 0.25) is 0 Å². The van der Waals surface area contributed by atoms with Crippen molar-refractivity contribution in [2.24, 2.45) is 5.92 Å². The van der Waals surface area contributed by atoms with Crippen LogP contribution < -0.4 is 0 Å². The van der Waals surface area contributed by atoms with Gasteiger partial charge in [0, 0.05) is 0 Å². The van der Waals surface area contributed by atoms with Crippen LogP contribution in [0.3, 0.4) is 0 Å². The van der Waals surface area contributed by atoms with Gasteiger partial charge in [-0.15, -0.1) is 0 Å². The molecule has 0 fully saturated rings. The SMILES string of the molecule is CCCCCCCCCc1ccc2cc(-c3ccc(C(=O)OC(=O)OCCC[C@@H](CC)C(F)(F)F)c(F)c3)ccc2c1. The van der Waals surface area contributed by atoms with E-state index in [1.807, 2.05) is 18.2 Å². The van der Waals surface area contributed by atoms with E-state index in [1.165, 1.54) is 69.6 Å². The van der Waals surface area contributed by atoms with Crippen molar-refractivity contribution < 1.29 is 36.6 Å². The van der Waals surface area contributed by atoms with Crippen LogP contribution >= 0.6 is 0 Å². The van der Waals surface area contributed by atoms with Gasteiger partial charge in [0.15, 0.2) is 0 Å². The molecule has 0 saturated heterocycles. The molecule has 0 aliphatic rings. The van der Waals surface area contributed by atoms with Gasteiger partial charge in [-0.1, -0.05) is 88.8 Å². The lowest BCUT2D eigenvalue weighted by atomic mass is 9.97. The Hall–Kier alpha value is -3.42. The molecule has 0 aromatic heterocycles. The van der Waals surface area contributed by atoms with Crippen molar-refractivity contribution in [1.82, 2.24) is 0 Å². The van der Waals surface area contributed by atoms with E-state index >= 15 is 0 Å². The highest BCUT2D eigenvalue weighted by Gasteiger charge is 2.37. The Labute approximate surface area is 245 Å². The predicted molar refractivity (Wildman–Crippen MR) is 157 cm³/mol. The minimum absolute atomic E-state index is 0.0450. The molecule has 0 amide bonds. The number of benzene rings is 3. The van der Waals surface area contributed by atoms with Gasteiger partial charge in [-0.25, -0.2) is 14.0 Å². The summed E-state index contributed by atoms with van der Waals surface area (Å²) >= 11 is 0. The number of rotatable bonds is 15. The number of hydrogen-bond donors (Lipinski definition) is 0. The summed E-state index contributed by atoms with van der Waals surface area (Å²) in [6.45, 7) is 3.31. The van der Waals surface area contributed by atoms with Gasteiger partial charge < -0.3 is 9.47 Å². The molecule has 3 aromatic carbocycles. The molecule has 8 heteroatoms. The average molecular weight is 589 g/mol. The zero-order valence-electron chi connectivity index (χ0n) is 24.4. The molecule has 0 spiro atoms. The van der Waals surface area contributed by atoms with E-state index in [-0.39, 0.29) is 25.9 Å². The molecule has 1 atom stereocenters. The van der Waals surface area contributed by atoms with Gasteiger partial charge in [-0.2, -0.15) is 13.2 Å². The smallest absolute Gasteiger partial charge is 0.434 e. The third-order valence-electron chi connectivity index (χ3n) is 7.54. The second kappa shape index (κ2) is 16.3. The first kappa shape index (κ1) is 33.1. The van der Waals surface area contributed by atoms with Crippen LogP contribution in [0.5, 0.6) is 0 Å². The van der Waals surface area contributed by atoms with Crippen LogP contribution in [0.15, 0.2) is 54.6 Å². The van der Waals surface area contributed by atoms with Crippen LogP contribution in [0.2, 0.25) is 0 Å². The highest BCUT2D eigenvalue weighted by atomic mass is 19.4. The standard InChI is InChI=1S/C34H40F4O4/c1-3-5-6-7-8-9-10-12-24-14-15-26-22-27(17-16-25(26)21-24)28-18-19-30(31(35)23-28)32(39)42-33(40)41-20-11-13-29(4-2)34(36,37)38/h14-19,21-23,29H,3-13,20H2,1-2H3/t29-/m1/s1. The van der Waals surface area contributed by atoms with E-state index in [2.05, 4.69) is 29.9 Å². The Bertz CT molecular complexity index is 1320. The monoisotopic (exact) mass is 588 g/mol. The lowest BCUT2D eigenvalue weighted by Crippen LogP contribution is -2.23. The number of aryl methyl sites for hydroxylation is 1. The third kappa shape index (κ3) is 10.1. The molecule has 0 bridgehead atoms. The number of halogens is 4. The number of unbranched alkanes of at least 4 members (excludes halogenated alkanes) is 6. The highest BCUT2D eigenvalue weighted by molar-refractivity contribution is 5.96. The molecule has 3 aromatic rings. The van der Waals surface area contributed by atoms with E-state index in [9.17, 15) is 27.2 Å². The first-order valence-corrected chi connectivity index (χ1v) is 14.9. The summed E-state index contributed by atoms with van der Waals surface area (Å²) in [7, 11) is 0. The van der Waals surface area contributed by atoms with E-state index in [4.69, 9.17) is 4.74 Å². The van der Waals surface area contributed by atoms with Crippen molar-refractivity contribution in [1.29, 1.82) is 0 Å². The van der Waals surface area contributed by atoms with Gasteiger partial charge in [0.25, 0.3) is 0 Å². The Kier molecular flexibility index (Phi) is 12.8. The number of hydrogen-bond acceptors (Lipinski definition) is 4. The minimum atomic E-state index is -4.32. The second-order valence-corrected chi connectivity index (χ2v) is 10.7. The minimum Gasteiger partial charge on any atom is -0.434 e. The molecule has 0 aliphatic heterocycles. The average Bonchev–Trinajstić information content (AvgIpc) is 2.95. The van der Waals surface area contributed by atoms with Gasteiger partial charge in [0.1, 0.15) is 5.82 Å². The third-order valence-corrected chi connectivity index (χ3v) is 7.54. The van der Waals surface area contributed by atoms with Crippen LogP contribution in [-0.2, 0) is 15.9 Å². The topological polar surface area (TPSA) is 52.6 Å². The molecule has 0 aliphatic carbocycles. The summed E-state index contributed by atoms with van der Waals surface area (Å²) in [5, 5.41) is 2.12. The number of alkyl halides is 3. The van der Waals surface area contributed by atoms with Crippen molar-refractivity contribution >= 4 is 22.9 Å². The lowest BCUT2D eigenvalue weighted by Gasteiger charge is -2.18. The Morgan fingerprint density at radius 2 is 1.43 bits per heavy atom. The van der Waals surface area contributed by atoms with E-state index in [0.29, 0.717) is 5.56 Å². The van der Waals surface area contributed by atoms with E-state index in [1.54, 1.807) is 6.07 Å². The summed E-state index contributed by atoms with van der Waals surface area (Å²) in [5.74, 6) is -3.60. The normalized spacial score (nSPS) is 12.3. The molecule has 0 unspecified atom stereocenters. The quantitative estimate of drug-likeness (QED) is 0.0767. The van der Waals surface area contributed by atoms with Crippen LogP contribution in [-0.4, -0.2) is 24.9 Å². The summed E-state index contributed by atoms with van der Waals surface area (Å²) in [6, 6.07) is 16.2. The largest absolute Gasteiger partial charge is 0.516 e. The van der Waals surface area contributed by atoms with Crippen LogP contribution in [0, 0.1) is 11.7 Å². The van der Waals surface area contributed by atoms with Gasteiger partial charge in [-0.3, -0.25) is 0 Å². The summed E-state index contributed by atoms with van der Waals surface area (Å²) in [6.07, 6.45) is 3.87. The summed E-state index contributed by atoms with van der Waals surface area (Å²) in [5.41, 5.74) is 2.16. The first-order valence-electron chi connectivity index (χ1n) is 14.9. The molecule has 228 valence electrons. The van der Waals surface area contributed by atoms with E-state index in [0.717, 1.165) is 22.8 Å². The predicted octanol–water partition coefficient (Wildman–Crippen LogP) is 10.6. The molecular formula is C34H40F4O4. The second-order valence-electron chi connectivity index (χ2n) is 10.7. The molecule has 3 rings (SSSR count). The maximum Gasteiger partial charge on any atom is 0.516 e. The molecule has 4 nitrogen and oxygen atoms in total. The van der Waals surface area contributed by atoms with Crippen LogP contribution in [0.4, 0.5) is 22.4 Å². The van der Waals surface area contributed by atoms with Crippen molar-refractivity contribution in [2.75, 3.05) is 6.61 Å². The van der Waals surface area contributed by atoms with Gasteiger partial charge in [-0.05, 0) is 77.8 Å². The fourth-order valence-electron chi connectivity index (χ4n) is 5.02. The fourth-order valence-corrected chi connectivity index (χ4v) is 5.02. The molecule has 0 N–H and O–H groups in total. The maximum atomic E-state index is 14.8. The van der Waals surface area contributed by atoms with Gasteiger partial charge >= 0.3 is 18.3 Å². The number of fused-ring (bicyclic) bond motifs is 1. The number of ether oxygens (including phenoxy) is 2. The highest BCUT2D eigenvalue weighted by Crippen LogP contribution is 2.32. The lowest BCUT2D eigenvalue weighted by molar-refractivity contribution is -0.177. The van der Waals surface area contributed by atoms with Crippen molar-refractivity contribution in [3.8, 4) is 11.1 Å². The maximum absolute atomic E-state index is 14.8. The van der Waals surface area contributed by atoms with E-state index < -0.39 is 35.6 Å². The number of carbonyl (C=O) groups excluding carboxylic acids is 2. The Morgan fingerprint density at radius 1 is 0.786 bits per heavy atom. The fraction of sp³-hybridized carbons (Fsp3) is 0.471. The van der Waals surface area contributed by atoms with Crippen molar-refractivity contribution in [3.63, 3.8) is 0 Å².